The molecule has 0 unspecified atom stereocenters. The van der Waals surface area contributed by atoms with Crippen molar-refractivity contribution in [2.24, 2.45) is 5.73 Å². The zero-order valence-electron chi connectivity index (χ0n) is 8.02. The molecule has 1 nitrogen and oxygen atoms in total. The molecule has 0 bridgehead atoms. The number of hydrogen-bond donors (Lipinski definition) is 1. The first-order valence-corrected chi connectivity index (χ1v) is 4.18. The van der Waals surface area contributed by atoms with Gasteiger partial charge in [-0.2, -0.15) is 8.78 Å². The van der Waals surface area contributed by atoms with Gasteiger partial charge in [0.1, 0.15) is 5.82 Å². The molecule has 0 aliphatic rings. The molecule has 0 heterocycles. The Morgan fingerprint density at radius 1 is 1.07 bits per heavy atom. The second-order valence-corrected chi connectivity index (χ2v) is 3.80. The quantitative estimate of drug-likeness (QED) is 0.785. The van der Waals surface area contributed by atoms with Crippen LogP contribution in [0, 0.1) is 5.82 Å². The van der Waals surface area contributed by atoms with Crippen molar-refractivity contribution in [2.45, 2.75) is 25.3 Å². The average molecular weight is 203 g/mol. The summed E-state index contributed by atoms with van der Waals surface area (Å²) in [6.45, 7) is 2.46. The Bertz CT molecular complexity index is 311. The molecular weight excluding hydrogens is 191 g/mol. The molecule has 0 aliphatic heterocycles. The number of alkyl halides is 2. The van der Waals surface area contributed by atoms with Crippen LogP contribution in [0.1, 0.15) is 19.4 Å². The van der Waals surface area contributed by atoms with Crippen LogP contribution in [0.25, 0.3) is 0 Å². The highest BCUT2D eigenvalue weighted by atomic mass is 19.3. The summed E-state index contributed by atoms with van der Waals surface area (Å²) in [7, 11) is 0. The van der Waals surface area contributed by atoms with Crippen LogP contribution in [-0.2, 0) is 5.92 Å². The molecule has 0 spiro atoms. The smallest absolute Gasteiger partial charge is 0.290 e. The van der Waals surface area contributed by atoms with E-state index in [9.17, 15) is 13.2 Å². The molecule has 2 N–H and O–H groups in total. The van der Waals surface area contributed by atoms with Gasteiger partial charge >= 0.3 is 0 Å². The lowest BCUT2D eigenvalue weighted by Gasteiger charge is -2.30. The first-order chi connectivity index (χ1) is 6.25. The van der Waals surface area contributed by atoms with E-state index in [2.05, 4.69) is 0 Å². The number of nitrogens with two attached hydrogens (primary N) is 1. The fraction of sp³-hybridized carbons (Fsp3) is 0.400. The lowest BCUT2D eigenvalue weighted by Crippen LogP contribution is -2.48. The molecule has 78 valence electrons. The van der Waals surface area contributed by atoms with E-state index < -0.39 is 17.3 Å². The lowest BCUT2D eigenvalue weighted by molar-refractivity contribution is -0.0673. The molecule has 0 amide bonds. The van der Waals surface area contributed by atoms with E-state index in [1.807, 2.05) is 0 Å². The maximum Gasteiger partial charge on any atom is 0.290 e. The van der Waals surface area contributed by atoms with Crippen molar-refractivity contribution in [2.75, 3.05) is 0 Å². The molecule has 1 aromatic rings. The molecule has 14 heavy (non-hydrogen) atoms. The summed E-state index contributed by atoms with van der Waals surface area (Å²) in [4.78, 5) is 0. The van der Waals surface area contributed by atoms with Crippen LogP contribution in [0.15, 0.2) is 24.3 Å². The number of rotatable bonds is 2. The van der Waals surface area contributed by atoms with Crippen LogP contribution in [-0.4, -0.2) is 5.54 Å². The van der Waals surface area contributed by atoms with Crippen LogP contribution in [0.5, 0.6) is 0 Å². The highest BCUT2D eigenvalue weighted by Gasteiger charge is 2.45. The topological polar surface area (TPSA) is 26.0 Å². The summed E-state index contributed by atoms with van der Waals surface area (Å²) in [6.07, 6.45) is 0. The summed E-state index contributed by atoms with van der Waals surface area (Å²) >= 11 is 0. The third-order valence-electron chi connectivity index (χ3n) is 2.02. The maximum atomic E-state index is 13.5. The van der Waals surface area contributed by atoms with Gasteiger partial charge in [-0.05, 0) is 26.0 Å². The third-order valence-corrected chi connectivity index (χ3v) is 2.02. The van der Waals surface area contributed by atoms with E-state index in [-0.39, 0.29) is 5.56 Å². The highest BCUT2D eigenvalue weighted by Crippen LogP contribution is 2.36. The monoisotopic (exact) mass is 203 g/mol. The highest BCUT2D eigenvalue weighted by molar-refractivity contribution is 5.24. The minimum atomic E-state index is -3.17. The summed E-state index contributed by atoms with van der Waals surface area (Å²) in [5, 5.41) is 0. The predicted octanol–water partition coefficient (Wildman–Crippen LogP) is 2.65. The second kappa shape index (κ2) is 3.28. The van der Waals surface area contributed by atoms with E-state index in [1.165, 1.54) is 13.8 Å². The van der Waals surface area contributed by atoms with Crippen molar-refractivity contribution < 1.29 is 13.2 Å². The van der Waals surface area contributed by atoms with Gasteiger partial charge in [0.2, 0.25) is 0 Å². The van der Waals surface area contributed by atoms with Gasteiger partial charge in [-0.1, -0.05) is 12.1 Å². The minimum absolute atomic E-state index is 0.272. The molecule has 0 aromatic heterocycles. The van der Waals surface area contributed by atoms with Crippen LogP contribution < -0.4 is 5.73 Å². The van der Waals surface area contributed by atoms with Crippen molar-refractivity contribution in [3.05, 3.63) is 35.6 Å². The van der Waals surface area contributed by atoms with Gasteiger partial charge in [-0.3, -0.25) is 0 Å². The predicted molar refractivity (Wildman–Crippen MR) is 48.6 cm³/mol. The van der Waals surface area contributed by atoms with E-state index in [0.29, 0.717) is 0 Å². The minimum Gasteiger partial charge on any atom is -0.320 e. The Morgan fingerprint density at radius 3 is 1.86 bits per heavy atom. The number of benzene rings is 1. The van der Waals surface area contributed by atoms with Crippen molar-refractivity contribution in [1.82, 2.24) is 0 Å². The number of hydrogen-bond acceptors (Lipinski definition) is 1. The lowest BCUT2D eigenvalue weighted by atomic mass is 9.91. The van der Waals surface area contributed by atoms with Crippen LogP contribution in [0.3, 0.4) is 0 Å². The summed E-state index contributed by atoms with van der Waals surface area (Å²) in [5.74, 6) is -3.71. The fourth-order valence-electron chi connectivity index (χ4n) is 1.03. The Kier molecular flexibility index (Phi) is 2.58. The molecule has 1 aromatic carbocycles. The SMILES string of the molecule is CC(C)(N)C(F)(F)c1ccc(F)cc1. The fourth-order valence-corrected chi connectivity index (χ4v) is 1.03. The first kappa shape index (κ1) is 11.0. The maximum absolute atomic E-state index is 13.5. The van der Waals surface area contributed by atoms with E-state index in [0.717, 1.165) is 24.3 Å². The zero-order valence-corrected chi connectivity index (χ0v) is 8.02. The normalized spacial score (nSPS) is 13.0. The second-order valence-electron chi connectivity index (χ2n) is 3.80. The molecule has 0 saturated heterocycles. The Balaban J connectivity index is 3.10. The van der Waals surface area contributed by atoms with Crippen LogP contribution in [0.4, 0.5) is 13.2 Å². The van der Waals surface area contributed by atoms with Gasteiger partial charge < -0.3 is 5.73 Å². The van der Waals surface area contributed by atoms with Gasteiger partial charge in [-0.15, -0.1) is 0 Å². The van der Waals surface area contributed by atoms with E-state index in [1.54, 1.807) is 0 Å². The molecule has 0 aliphatic carbocycles. The van der Waals surface area contributed by atoms with Crippen molar-refractivity contribution in [3.63, 3.8) is 0 Å². The molecular formula is C10H12F3N. The molecule has 4 heteroatoms. The van der Waals surface area contributed by atoms with E-state index >= 15 is 0 Å². The van der Waals surface area contributed by atoms with E-state index in [4.69, 9.17) is 5.73 Å². The van der Waals surface area contributed by atoms with Crippen molar-refractivity contribution in [1.29, 1.82) is 0 Å². The average Bonchev–Trinajstić information content (AvgIpc) is 2.03. The summed E-state index contributed by atoms with van der Waals surface area (Å²) < 4.78 is 39.6. The molecule has 0 radical (unpaired) electrons. The molecule has 1 rings (SSSR count). The largest absolute Gasteiger partial charge is 0.320 e. The van der Waals surface area contributed by atoms with Crippen LogP contribution in [0.2, 0.25) is 0 Å². The summed E-state index contributed by atoms with van der Waals surface area (Å²) in [6, 6.07) is 4.08. The van der Waals surface area contributed by atoms with Gasteiger partial charge in [0.05, 0.1) is 5.54 Å². The van der Waals surface area contributed by atoms with Crippen molar-refractivity contribution in [3.8, 4) is 0 Å². The summed E-state index contributed by atoms with van der Waals surface area (Å²) in [5.41, 5.74) is 3.41. The van der Waals surface area contributed by atoms with Gasteiger partial charge in [-0.25, -0.2) is 4.39 Å². The standard InChI is InChI=1S/C10H12F3N/c1-9(2,14)10(12,13)7-3-5-8(11)6-4-7/h3-6H,14H2,1-2H3. The molecule has 0 atom stereocenters. The van der Waals surface area contributed by atoms with Crippen LogP contribution >= 0.6 is 0 Å². The Labute approximate surface area is 80.7 Å². The van der Waals surface area contributed by atoms with Gasteiger partial charge in [0, 0.05) is 5.56 Å². The Morgan fingerprint density at radius 2 is 1.50 bits per heavy atom. The number of halogens is 3. The first-order valence-electron chi connectivity index (χ1n) is 4.18. The molecule has 0 fully saturated rings. The van der Waals surface area contributed by atoms with Crippen molar-refractivity contribution >= 4 is 0 Å². The zero-order chi connectivity index (χ0) is 11.0. The van der Waals surface area contributed by atoms with Gasteiger partial charge in [0.15, 0.2) is 0 Å². The molecule has 0 saturated carbocycles. The van der Waals surface area contributed by atoms with Gasteiger partial charge in [0.25, 0.3) is 5.92 Å². The Hall–Kier alpha value is -1.03. The third kappa shape index (κ3) is 1.90.